The van der Waals surface area contributed by atoms with E-state index in [1.54, 1.807) is 0 Å². The first-order valence-corrected chi connectivity index (χ1v) is 8.30. The number of fused-ring (bicyclic) bond motifs is 1. The number of benzene rings is 1. The maximum absolute atomic E-state index is 5.79. The molecule has 116 valence electrons. The molecule has 1 aromatic carbocycles. The Morgan fingerprint density at radius 3 is 2.76 bits per heavy atom. The Labute approximate surface area is 127 Å². The molecular weight excluding hydrogens is 262 g/mol. The molecule has 0 saturated carbocycles. The van der Waals surface area contributed by atoms with E-state index >= 15 is 0 Å². The molecule has 2 N–H and O–H groups in total. The predicted octanol–water partition coefficient (Wildman–Crippen LogP) is 1.87. The van der Waals surface area contributed by atoms with Gasteiger partial charge >= 0.3 is 0 Å². The molecule has 1 fully saturated rings. The molecule has 0 spiro atoms. The summed E-state index contributed by atoms with van der Waals surface area (Å²) >= 11 is 0. The Morgan fingerprint density at radius 1 is 1.10 bits per heavy atom. The quantitative estimate of drug-likeness (QED) is 0.840. The maximum atomic E-state index is 5.79. The fourth-order valence-corrected chi connectivity index (χ4v) is 3.23. The van der Waals surface area contributed by atoms with Gasteiger partial charge in [-0.1, -0.05) is 6.07 Å². The van der Waals surface area contributed by atoms with Crippen molar-refractivity contribution >= 4 is 5.69 Å². The minimum absolute atomic E-state index is 0.815. The van der Waals surface area contributed by atoms with E-state index in [4.69, 9.17) is 10.5 Å². The van der Waals surface area contributed by atoms with Crippen LogP contribution in [0.15, 0.2) is 18.2 Å². The Kier molecular flexibility index (Phi) is 4.99. The highest BCUT2D eigenvalue weighted by Gasteiger charge is 2.18. The third-order valence-corrected chi connectivity index (χ3v) is 4.56. The first-order valence-electron chi connectivity index (χ1n) is 8.30. The van der Waals surface area contributed by atoms with Crippen LogP contribution < -0.4 is 15.4 Å². The summed E-state index contributed by atoms with van der Waals surface area (Å²) in [5.74, 6) is 1.10. The second-order valence-electron chi connectivity index (χ2n) is 6.07. The number of nitrogens with two attached hydrogens (primary N) is 1. The third-order valence-electron chi connectivity index (χ3n) is 4.56. The largest absolute Gasteiger partial charge is 0.493 e. The predicted molar refractivity (Wildman–Crippen MR) is 87.2 cm³/mol. The van der Waals surface area contributed by atoms with Crippen molar-refractivity contribution in [3.05, 3.63) is 23.8 Å². The summed E-state index contributed by atoms with van der Waals surface area (Å²) in [7, 11) is 0. The van der Waals surface area contributed by atoms with Gasteiger partial charge in [-0.25, -0.2) is 0 Å². The van der Waals surface area contributed by atoms with Gasteiger partial charge in [-0.3, -0.25) is 4.90 Å². The van der Waals surface area contributed by atoms with Crippen LogP contribution in [0, 0.1) is 0 Å². The highest BCUT2D eigenvalue weighted by atomic mass is 16.5. The molecule has 3 rings (SSSR count). The molecule has 21 heavy (non-hydrogen) atoms. The summed E-state index contributed by atoms with van der Waals surface area (Å²) in [5.41, 5.74) is 8.24. The molecule has 0 radical (unpaired) electrons. The fraction of sp³-hybridized carbons (Fsp3) is 0.647. The SMILES string of the molecule is NCCCCN1CCN(c2ccc3c(c2)OCCC3)CC1. The molecule has 0 atom stereocenters. The van der Waals surface area contributed by atoms with Gasteiger partial charge in [0.2, 0.25) is 0 Å². The van der Waals surface area contributed by atoms with Crippen LogP contribution in [0.25, 0.3) is 0 Å². The lowest BCUT2D eigenvalue weighted by Crippen LogP contribution is -2.46. The summed E-state index contributed by atoms with van der Waals surface area (Å²) < 4.78 is 5.79. The van der Waals surface area contributed by atoms with Gasteiger partial charge in [0.1, 0.15) is 5.75 Å². The summed E-state index contributed by atoms with van der Waals surface area (Å²) in [5, 5.41) is 0. The zero-order chi connectivity index (χ0) is 14.5. The van der Waals surface area contributed by atoms with E-state index in [2.05, 4.69) is 28.0 Å². The van der Waals surface area contributed by atoms with Crippen molar-refractivity contribution in [3.63, 3.8) is 0 Å². The summed E-state index contributed by atoms with van der Waals surface area (Å²) in [6.07, 6.45) is 4.67. The minimum Gasteiger partial charge on any atom is -0.493 e. The molecule has 1 aromatic rings. The molecular formula is C17H27N3O. The van der Waals surface area contributed by atoms with Gasteiger partial charge < -0.3 is 15.4 Å². The van der Waals surface area contributed by atoms with Crippen LogP contribution in [-0.2, 0) is 6.42 Å². The number of aryl methyl sites for hydroxylation is 1. The standard InChI is InChI=1S/C17H27N3O/c18-7-1-2-8-19-9-11-20(12-10-19)16-6-5-15-4-3-13-21-17(15)14-16/h5-6,14H,1-4,7-13,18H2. The van der Waals surface area contributed by atoms with Crippen LogP contribution in [0.1, 0.15) is 24.8 Å². The van der Waals surface area contributed by atoms with Gasteiger partial charge in [-0.05, 0) is 50.4 Å². The van der Waals surface area contributed by atoms with Crippen LogP contribution >= 0.6 is 0 Å². The highest BCUT2D eigenvalue weighted by molar-refractivity contribution is 5.54. The summed E-state index contributed by atoms with van der Waals surface area (Å²) in [6.45, 7) is 7.41. The van der Waals surface area contributed by atoms with Gasteiger partial charge in [0, 0.05) is 37.9 Å². The van der Waals surface area contributed by atoms with E-state index in [9.17, 15) is 0 Å². The Hall–Kier alpha value is -1.26. The van der Waals surface area contributed by atoms with Crippen LogP contribution in [0.5, 0.6) is 5.75 Å². The third kappa shape index (κ3) is 3.69. The lowest BCUT2D eigenvalue weighted by atomic mass is 10.1. The van der Waals surface area contributed by atoms with Crippen molar-refractivity contribution in [2.24, 2.45) is 5.73 Å². The molecule has 4 heteroatoms. The van der Waals surface area contributed by atoms with Crippen LogP contribution in [0.3, 0.4) is 0 Å². The first-order chi connectivity index (χ1) is 10.4. The van der Waals surface area contributed by atoms with Crippen molar-refractivity contribution in [3.8, 4) is 5.75 Å². The molecule has 0 amide bonds. The number of piperazine rings is 1. The van der Waals surface area contributed by atoms with E-state index in [0.717, 1.165) is 64.3 Å². The van der Waals surface area contributed by atoms with Crippen molar-refractivity contribution in [2.45, 2.75) is 25.7 Å². The molecule has 1 saturated heterocycles. The van der Waals surface area contributed by atoms with Crippen molar-refractivity contribution in [1.82, 2.24) is 4.90 Å². The van der Waals surface area contributed by atoms with Crippen LogP contribution in [-0.4, -0.2) is 50.8 Å². The monoisotopic (exact) mass is 289 g/mol. The molecule has 2 aliphatic heterocycles. The normalized spacial score (nSPS) is 19.2. The van der Waals surface area contributed by atoms with Gasteiger partial charge in [-0.2, -0.15) is 0 Å². The summed E-state index contributed by atoms with van der Waals surface area (Å²) in [4.78, 5) is 5.04. The lowest BCUT2D eigenvalue weighted by Gasteiger charge is -2.36. The fourth-order valence-electron chi connectivity index (χ4n) is 3.23. The lowest BCUT2D eigenvalue weighted by molar-refractivity contribution is 0.253. The molecule has 0 bridgehead atoms. The molecule has 0 aromatic heterocycles. The van der Waals surface area contributed by atoms with Gasteiger partial charge in [0.15, 0.2) is 0 Å². The first kappa shape index (κ1) is 14.7. The zero-order valence-corrected chi connectivity index (χ0v) is 12.9. The number of hydrogen-bond acceptors (Lipinski definition) is 4. The number of hydrogen-bond donors (Lipinski definition) is 1. The van der Waals surface area contributed by atoms with Crippen molar-refractivity contribution in [2.75, 3.05) is 50.8 Å². The average molecular weight is 289 g/mol. The summed E-state index contributed by atoms with van der Waals surface area (Å²) in [6, 6.07) is 6.74. The second kappa shape index (κ2) is 7.14. The number of ether oxygens (including phenoxy) is 1. The number of anilines is 1. The highest BCUT2D eigenvalue weighted by Crippen LogP contribution is 2.30. The second-order valence-corrected chi connectivity index (χ2v) is 6.07. The Balaban J connectivity index is 1.54. The minimum atomic E-state index is 0.815. The van der Waals surface area contributed by atoms with Crippen LogP contribution in [0.4, 0.5) is 5.69 Å². The van der Waals surface area contributed by atoms with E-state index in [1.807, 2.05) is 0 Å². The zero-order valence-electron chi connectivity index (χ0n) is 12.9. The number of rotatable bonds is 5. The van der Waals surface area contributed by atoms with Gasteiger partial charge in [0.05, 0.1) is 6.61 Å². The van der Waals surface area contributed by atoms with Crippen molar-refractivity contribution in [1.29, 1.82) is 0 Å². The van der Waals surface area contributed by atoms with Gasteiger partial charge in [-0.15, -0.1) is 0 Å². The average Bonchev–Trinajstić information content (AvgIpc) is 2.55. The number of unbranched alkanes of at least 4 members (excludes halogenated alkanes) is 1. The Morgan fingerprint density at radius 2 is 1.95 bits per heavy atom. The van der Waals surface area contributed by atoms with E-state index in [-0.39, 0.29) is 0 Å². The molecule has 0 unspecified atom stereocenters. The van der Waals surface area contributed by atoms with Crippen molar-refractivity contribution < 1.29 is 4.74 Å². The van der Waals surface area contributed by atoms with E-state index in [0.29, 0.717) is 0 Å². The Bertz CT molecular complexity index is 455. The molecule has 0 aliphatic carbocycles. The maximum Gasteiger partial charge on any atom is 0.124 e. The van der Waals surface area contributed by atoms with Crippen LogP contribution in [0.2, 0.25) is 0 Å². The topological polar surface area (TPSA) is 41.7 Å². The number of nitrogens with zero attached hydrogens (tertiary/aromatic N) is 2. The van der Waals surface area contributed by atoms with E-state index in [1.165, 1.54) is 24.2 Å². The smallest absolute Gasteiger partial charge is 0.124 e. The molecule has 2 aliphatic rings. The molecule has 4 nitrogen and oxygen atoms in total. The van der Waals surface area contributed by atoms with Gasteiger partial charge in [0.25, 0.3) is 0 Å². The van der Waals surface area contributed by atoms with E-state index < -0.39 is 0 Å². The molecule has 2 heterocycles.